The fourth-order valence-corrected chi connectivity index (χ4v) is 3.60. The van der Waals surface area contributed by atoms with Gasteiger partial charge in [0.05, 0.1) is 0 Å². The Kier molecular flexibility index (Phi) is 7.12. The van der Waals surface area contributed by atoms with E-state index in [4.69, 9.17) is 12.2 Å². The highest BCUT2D eigenvalue weighted by molar-refractivity contribution is 7.80. The van der Waals surface area contributed by atoms with E-state index in [0.29, 0.717) is 12.0 Å². The van der Waals surface area contributed by atoms with E-state index in [9.17, 15) is 0 Å². The molecule has 0 spiro atoms. The van der Waals surface area contributed by atoms with Crippen LogP contribution in [0.2, 0.25) is 0 Å². The second-order valence-electron chi connectivity index (χ2n) is 6.69. The summed E-state index contributed by atoms with van der Waals surface area (Å²) >= 11 is 5.46. The smallest absolute Gasteiger partial charge is 0.166 e. The lowest BCUT2D eigenvalue weighted by atomic mass is 9.70. The second kappa shape index (κ2) is 8.08. The molecule has 0 bridgehead atoms. The van der Waals surface area contributed by atoms with Crippen LogP contribution in [0.5, 0.6) is 0 Å². The summed E-state index contributed by atoms with van der Waals surface area (Å²) in [5, 5.41) is 7.82. The van der Waals surface area contributed by atoms with E-state index < -0.39 is 0 Å². The molecule has 1 saturated carbocycles. The van der Waals surface area contributed by atoms with Gasteiger partial charge < -0.3 is 10.6 Å². The molecular formula is C16H32N2S. The Balaban J connectivity index is 2.57. The first-order valence-electron chi connectivity index (χ1n) is 8.02. The number of nitrogens with one attached hydrogen (secondary N) is 2. The van der Waals surface area contributed by atoms with Crippen molar-refractivity contribution in [1.29, 1.82) is 0 Å². The molecule has 0 saturated heterocycles. The minimum atomic E-state index is 0.568. The predicted molar refractivity (Wildman–Crippen MR) is 88.3 cm³/mol. The van der Waals surface area contributed by atoms with Crippen molar-refractivity contribution in [3.8, 4) is 0 Å². The van der Waals surface area contributed by atoms with E-state index in [0.717, 1.165) is 29.4 Å². The van der Waals surface area contributed by atoms with E-state index in [1.54, 1.807) is 0 Å². The highest BCUT2D eigenvalue weighted by atomic mass is 32.1. The molecule has 0 aromatic carbocycles. The molecule has 0 amide bonds. The van der Waals surface area contributed by atoms with E-state index in [-0.39, 0.29) is 0 Å². The molecule has 0 aromatic heterocycles. The molecule has 2 nitrogen and oxygen atoms in total. The summed E-state index contributed by atoms with van der Waals surface area (Å²) in [4.78, 5) is 0. The van der Waals surface area contributed by atoms with Crippen molar-refractivity contribution < 1.29 is 0 Å². The maximum Gasteiger partial charge on any atom is 0.166 e. The van der Waals surface area contributed by atoms with Gasteiger partial charge in [0.15, 0.2) is 5.11 Å². The van der Waals surface area contributed by atoms with Gasteiger partial charge in [-0.05, 0) is 48.7 Å². The summed E-state index contributed by atoms with van der Waals surface area (Å²) < 4.78 is 0. The Morgan fingerprint density at radius 3 is 2.11 bits per heavy atom. The van der Waals surface area contributed by atoms with Gasteiger partial charge in [-0.2, -0.15) is 0 Å². The molecule has 2 unspecified atom stereocenters. The molecule has 1 rings (SSSR count). The van der Waals surface area contributed by atoms with Crippen molar-refractivity contribution in [2.24, 2.45) is 23.7 Å². The van der Waals surface area contributed by atoms with Gasteiger partial charge in [0.1, 0.15) is 0 Å². The summed E-state index contributed by atoms with van der Waals surface area (Å²) in [5.41, 5.74) is 0. The van der Waals surface area contributed by atoms with Crippen LogP contribution >= 0.6 is 12.2 Å². The zero-order valence-corrected chi connectivity index (χ0v) is 14.1. The molecule has 2 N–H and O–H groups in total. The van der Waals surface area contributed by atoms with Crippen molar-refractivity contribution >= 4 is 17.3 Å². The van der Waals surface area contributed by atoms with Crippen molar-refractivity contribution in [3.63, 3.8) is 0 Å². The number of thiocarbonyl (C=S) groups is 1. The summed E-state index contributed by atoms with van der Waals surface area (Å²) in [6.07, 6.45) is 5.20. The Morgan fingerprint density at radius 2 is 1.68 bits per heavy atom. The lowest BCUT2D eigenvalue weighted by molar-refractivity contribution is 0.148. The molecule has 1 fully saturated rings. The van der Waals surface area contributed by atoms with Crippen LogP contribution in [0.4, 0.5) is 0 Å². The highest BCUT2D eigenvalue weighted by Gasteiger charge is 2.34. The van der Waals surface area contributed by atoms with Gasteiger partial charge in [-0.25, -0.2) is 0 Å². The van der Waals surface area contributed by atoms with E-state index in [2.05, 4.69) is 45.3 Å². The van der Waals surface area contributed by atoms with Crippen LogP contribution in [0.3, 0.4) is 0 Å². The van der Waals surface area contributed by atoms with Gasteiger partial charge in [0, 0.05) is 12.6 Å². The third-order valence-corrected chi connectivity index (χ3v) is 4.71. The van der Waals surface area contributed by atoms with Crippen LogP contribution < -0.4 is 10.6 Å². The summed E-state index contributed by atoms with van der Waals surface area (Å²) in [7, 11) is 0. The summed E-state index contributed by atoms with van der Waals surface area (Å²) in [6, 6.07) is 0.568. The Hall–Kier alpha value is -0.310. The van der Waals surface area contributed by atoms with E-state index in [1.165, 1.54) is 25.7 Å². The maximum atomic E-state index is 5.46. The molecule has 2 atom stereocenters. The Labute approximate surface area is 125 Å². The average molecular weight is 285 g/mol. The normalized spacial score (nSPS) is 31.3. The van der Waals surface area contributed by atoms with Crippen molar-refractivity contribution in [2.75, 3.05) is 6.54 Å². The minimum absolute atomic E-state index is 0.568. The van der Waals surface area contributed by atoms with Crippen LogP contribution in [-0.4, -0.2) is 17.7 Å². The average Bonchev–Trinajstić information content (AvgIpc) is 2.37. The van der Waals surface area contributed by atoms with Crippen molar-refractivity contribution in [1.82, 2.24) is 10.6 Å². The second-order valence-corrected chi connectivity index (χ2v) is 7.10. The van der Waals surface area contributed by atoms with Crippen LogP contribution in [0, 0.1) is 23.7 Å². The van der Waals surface area contributed by atoms with Crippen LogP contribution in [0.1, 0.15) is 60.3 Å². The first kappa shape index (κ1) is 16.7. The number of rotatable bonds is 5. The zero-order chi connectivity index (χ0) is 14.4. The quantitative estimate of drug-likeness (QED) is 0.747. The lowest BCUT2D eigenvalue weighted by Gasteiger charge is -2.41. The van der Waals surface area contributed by atoms with Gasteiger partial charge in [0.2, 0.25) is 0 Å². The highest BCUT2D eigenvalue weighted by Crippen LogP contribution is 2.36. The molecule has 0 aromatic rings. The topological polar surface area (TPSA) is 24.1 Å². The predicted octanol–water partition coefficient (Wildman–Crippen LogP) is 3.96. The molecule has 0 radical (unpaired) electrons. The largest absolute Gasteiger partial charge is 0.362 e. The first-order valence-corrected chi connectivity index (χ1v) is 8.43. The first-order chi connectivity index (χ1) is 8.97. The van der Waals surface area contributed by atoms with Gasteiger partial charge in [-0.15, -0.1) is 0 Å². The molecule has 1 aliphatic carbocycles. The van der Waals surface area contributed by atoms with Crippen LogP contribution in [-0.2, 0) is 0 Å². The lowest BCUT2D eigenvalue weighted by Crippen LogP contribution is -2.52. The molecule has 0 heterocycles. The van der Waals surface area contributed by atoms with Gasteiger partial charge in [-0.1, -0.05) is 47.5 Å². The van der Waals surface area contributed by atoms with Gasteiger partial charge >= 0.3 is 0 Å². The van der Waals surface area contributed by atoms with E-state index in [1.807, 2.05) is 0 Å². The molecule has 112 valence electrons. The zero-order valence-electron chi connectivity index (χ0n) is 13.3. The van der Waals surface area contributed by atoms with Crippen LogP contribution in [0.15, 0.2) is 0 Å². The third-order valence-electron chi connectivity index (χ3n) is 4.44. The van der Waals surface area contributed by atoms with Crippen molar-refractivity contribution in [2.45, 2.75) is 66.3 Å². The molecule has 1 aliphatic rings. The Bertz CT molecular complexity index is 264. The van der Waals surface area contributed by atoms with Crippen molar-refractivity contribution in [3.05, 3.63) is 0 Å². The Morgan fingerprint density at radius 1 is 1.16 bits per heavy atom. The van der Waals surface area contributed by atoms with Crippen LogP contribution in [0.25, 0.3) is 0 Å². The maximum absolute atomic E-state index is 5.46. The van der Waals surface area contributed by atoms with Gasteiger partial charge in [-0.3, -0.25) is 0 Å². The molecule has 0 aliphatic heterocycles. The summed E-state index contributed by atoms with van der Waals surface area (Å²) in [5.74, 6) is 3.04. The molecular weight excluding hydrogens is 252 g/mol. The van der Waals surface area contributed by atoms with E-state index >= 15 is 0 Å². The summed E-state index contributed by atoms with van der Waals surface area (Å²) in [6.45, 7) is 12.4. The minimum Gasteiger partial charge on any atom is -0.362 e. The molecule has 3 heteroatoms. The standard InChI is InChI=1S/C16H32N2S/c1-6-13-8-12(5)9-14(7-2)15(13)18-16(19)17-10-11(3)4/h11-15H,6-10H2,1-5H3,(H2,17,18,19). The fourth-order valence-electron chi connectivity index (χ4n) is 3.38. The van der Waals surface area contributed by atoms with Gasteiger partial charge in [0.25, 0.3) is 0 Å². The molecule has 19 heavy (non-hydrogen) atoms. The SMILES string of the molecule is CCC1CC(C)CC(CC)C1NC(=S)NCC(C)C. The fraction of sp³-hybridized carbons (Fsp3) is 0.938. The third kappa shape index (κ3) is 5.29. The monoisotopic (exact) mass is 284 g/mol. The number of hydrogen-bond acceptors (Lipinski definition) is 1. The number of hydrogen-bond donors (Lipinski definition) is 2.